The fraction of sp³-hybridized carbons (Fsp3) is 0.600. The largest absolute Gasteiger partial charge is 0.476 e. The van der Waals surface area contributed by atoms with Gasteiger partial charge in [0.25, 0.3) is 0 Å². The Morgan fingerprint density at radius 1 is 1.61 bits per heavy atom. The molecule has 8 nitrogen and oxygen atoms in total. The van der Waals surface area contributed by atoms with Crippen LogP contribution in [0.25, 0.3) is 0 Å². The van der Waals surface area contributed by atoms with E-state index in [0.29, 0.717) is 19.6 Å². The van der Waals surface area contributed by atoms with E-state index >= 15 is 0 Å². The molecule has 0 aliphatic carbocycles. The van der Waals surface area contributed by atoms with Gasteiger partial charge in [0.15, 0.2) is 5.69 Å². The maximum Gasteiger partial charge on any atom is 0.358 e. The maximum absolute atomic E-state index is 11.8. The number of hydrogen-bond donors (Lipinski definition) is 2. The van der Waals surface area contributed by atoms with E-state index in [4.69, 9.17) is 10.8 Å². The third-order valence-corrected chi connectivity index (χ3v) is 3.05. The molecule has 18 heavy (non-hydrogen) atoms. The molecule has 0 spiro atoms. The number of likely N-dealkylation sites (tertiary alicyclic amines) is 1. The van der Waals surface area contributed by atoms with Crippen LogP contribution in [-0.2, 0) is 4.79 Å². The van der Waals surface area contributed by atoms with Crippen LogP contribution in [0.3, 0.4) is 0 Å². The predicted octanol–water partition coefficient (Wildman–Crippen LogP) is -1.05. The summed E-state index contributed by atoms with van der Waals surface area (Å²) in [6.07, 6.45) is 1.38. The molecule has 1 atom stereocenters. The van der Waals surface area contributed by atoms with Gasteiger partial charge < -0.3 is 15.7 Å². The molecule has 1 fully saturated rings. The van der Waals surface area contributed by atoms with E-state index in [1.54, 1.807) is 11.8 Å². The van der Waals surface area contributed by atoms with Crippen LogP contribution in [0.2, 0.25) is 0 Å². The molecular weight excluding hydrogens is 238 g/mol. The number of aromatic carboxylic acids is 1. The summed E-state index contributed by atoms with van der Waals surface area (Å²) in [5.74, 6) is -1.27. The molecule has 0 saturated carbocycles. The Kier molecular flexibility index (Phi) is 3.28. The summed E-state index contributed by atoms with van der Waals surface area (Å²) in [6, 6.07) is -0.000440. The number of aromatic nitrogens is 3. The van der Waals surface area contributed by atoms with Crippen molar-refractivity contribution in [2.24, 2.45) is 11.7 Å². The van der Waals surface area contributed by atoms with Crippen molar-refractivity contribution in [2.45, 2.75) is 13.0 Å². The summed E-state index contributed by atoms with van der Waals surface area (Å²) in [5, 5.41) is 16.0. The van der Waals surface area contributed by atoms with Crippen molar-refractivity contribution in [1.29, 1.82) is 0 Å². The first kappa shape index (κ1) is 12.5. The molecule has 8 heteroatoms. The van der Waals surface area contributed by atoms with Crippen molar-refractivity contribution in [3.05, 3.63) is 11.9 Å². The van der Waals surface area contributed by atoms with Gasteiger partial charge >= 0.3 is 5.97 Å². The Balaban J connectivity index is 1.92. The van der Waals surface area contributed by atoms with Crippen molar-refractivity contribution in [1.82, 2.24) is 19.9 Å². The van der Waals surface area contributed by atoms with E-state index < -0.39 is 5.97 Å². The third kappa shape index (κ3) is 2.19. The number of carbonyl (C=O) groups is 2. The Labute approximate surface area is 103 Å². The van der Waals surface area contributed by atoms with Gasteiger partial charge in [0.1, 0.15) is 0 Å². The van der Waals surface area contributed by atoms with Crippen LogP contribution in [0.5, 0.6) is 0 Å². The molecule has 2 heterocycles. The topological polar surface area (TPSA) is 114 Å². The van der Waals surface area contributed by atoms with Gasteiger partial charge in [-0.3, -0.25) is 4.79 Å². The van der Waals surface area contributed by atoms with Gasteiger partial charge in [-0.15, -0.1) is 5.10 Å². The molecule has 1 saturated heterocycles. The molecule has 1 aromatic heterocycles. The zero-order chi connectivity index (χ0) is 13.3. The Morgan fingerprint density at radius 3 is 2.78 bits per heavy atom. The molecular formula is C10H15N5O3. The van der Waals surface area contributed by atoms with Gasteiger partial charge in [-0.25, -0.2) is 9.48 Å². The molecule has 0 radical (unpaired) electrons. The Morgan fingerprint density at radius 2 is 2.28 bits per heavy atom. The minimum absolute atomic E-state index is 0.000440. The second kappa shape index (κ2) is 4.73. The number of amides is 1. The van der Waals surface area contributed by atoms with E-state index in [1.807, 2.05) is 0 Å². The van der Waals surface area contributed by atoms with Gasteiger partial charge in [-0.2, -0.15) is 0 Å². The minimum atomic E-state index is -1.11. The summed E-state index contributed by atoms with van der Waals surface area (Å²) < 4.78 is 1.49. The van der Waals surface area contributed by atoms with Crippen LogP contribution in [0.1, 0.15) is 23.5 Å². The second-order valence-corrected chi connectivity index (χ2v) is 4.42. The lowest BCUT2D eigenvalue weighted by Gasteiger charge is -2.40. The molecule has 1 unspecified atom stereocenters. The maximum atomic E-state index is 11.8. The van der Waals surface area contributed by atoms with Gasteiger partial charge in [0.2, 0.25) is 5.91 Å². The van der Waals surface area contributed by atoms with E-state index in [0.717, 1.165) is 0 Å². The summed E-state index contributed by atoms with van der Waals surface area (Å²) in [6.45, 7) is 3.15. The van der Waals surface area contributed by atoms with Gasteiger partial charge in [-0.1, -0.05) is 12.1 Å². The molecule has 0 aromatic carbocycles. The normalized spacial score (nSPS) is 17.3. The van der Waals surface area contributed by atoms with Crippen LogP contribution in [0.4, 0.5) is 0 Å². The third-order valence-electron chi connectivity index (χ3n) is 3.05. The fourth-order valence-electron chi connectivity index (χ4n) is 1.77. The van der Waals surface area contributed by atoms with E-state index in [2.05, 4.69) is 10.3 Å². The van der Waals surface area contributed by atoms with Crippen molar-refractivity contribution in [2.75, 3.05) is 19.6 Å². The zero-order valence-corrected chi connectivity index (χ0v) is 9.98. The molecule has 0 bridgehead atoms. The Bertz CT molecular complexity index is 466. The zero-order valence-electron chi connectivity index (χ0n) is 9.98. The molecule has 3 N–H and O–H groups in total. The summed E-state index contributed by atoms with van der Waals surface area (Å²) in [4.78, 5) is 24.1. The number of nitrogens with two attached hydrogens (primary N) is 1. The van der Waals surface area contributed by atoms with Crippen molar-refractivity contribution < 1.29 is 14.7 Å². The van der Waals surface area contributed by atoms with E-state index in [-0.39, 0.29) is 23.6 Å². The Hall–Kier alpha value is -1.96. The lowest BCUT2D eigenvalue weighted by molar-refractivity contribution is -0.140. The second-order valence-electron chi connectivity index (χ2n) is 4.42. The lowest BCUT2D eigenvalue weighted by atomic mass is 10.0. The predicted molar refractivity (Wildman–Crippen MR) is 60.8 cm³/mol. The first-order valence-electron chi connectivity index (χ1n) is 5.67. The smallest absolute Gasteiger partial charge is 0.358 e. The SMILES string of the molecule is CC(CN)C(=O)N1CC(n2cc(C(=O)O)nn2)C1. The highest BCUT2D eigenvalue weighted by atomic mass is 16.4. The van der Waals surface area contributed by atoms with Crippen LogP contribution < -0.4 is 5.73 Å². The quantitative estimate of drug-likeness (QED) is 0.708. The van der Waals surface area contributed by atoms with E-state index in [1.165, 1.54) is 10.9 Å². The first-order chi connectivity index (χ1) is 8.52. The fourth-order valence-corrected chi connectivity index (χ4v) is 1.77. The van der Waals surface area contributed by atoms with Gasteiger partial charge in [-0.05, 0) is 0 Å². The van der Waals surface area contributed by atoms with Crippen LogP contribution >= 0.6 is 0 Å². The minimum Gasteiger partial charge on any atom is -0.476 e. The standard InChI is InChI=1S/C10H15N5O3/c1-6(2-11)9(16)14-3-7(4-14)15-5-8(10(17)18)12-13-15/h5-7H,2-4,11H2,1H3,(H,17,18). The average Bonchev–Trinajstić information content (AvgIpc) is 2.75. The van der Waals surface area contributed by atoms with Crippen molar-refractivity contribution >= 4 is 11.9 Å². The number of carboxylic acids is 1. The van der Waals surface area contributed by atoms with E-state index in [9.17, 15) is 9.59 Å². The molecule has 1 aromatic rings. The van der Waals surface area contributed by atoms with Crippen LogP contribution in [0.15, 0.2) is 6.20 Å². The number of rotatable bonds is 4. The molecule has 2 rings (SSSR count). The average molecular weight is 253 g/mol. The van der Waals surface area contributed by atoms with Crippen LogP contribution in [-0.4, -0.2) is 56.5 Å². The summed E-state index contributed by atoms with van der Waals surface area (Å²) >= 11 is 0. The molecule has 1 amide bonds. The molecule has 1 aliphatic heterocycles. The number of carboxylic acid groups (broad SMARTS) is 1. The number of nitrogens with zero attached hydrogens (tertiary/aromatic N) is 4. The number of hydrogen-bond acceptors (Lipinski definition) is 5. The van der Waals surface area contributed by atoms with Crippen LogP contribution in [0, 0.1) is 5.92 Å². The highest BCUT2D eigenvalue weighted by Gasteiger charge is 2.34. The highest BCUT2D eigenvalue weighted by Crippen LogP contribution is 2.22. The van der Waals surface area contributed by atoms with Gasteiger partial charge in [0, 0.05) is 25.6 Å². The lowest BCUT2D eigenvalue weighted by Crippen LogP contribution is -2.53. The molecule has 1 aliphatic rings. The van der Waals surface area contributed by atoms with Crippen molar-refractivity contribution in [3.63, 3.8) is 0 Å². The summed E-state index contributed by atoms with van der Waals surface area (Å²) in [5.41, 5.74) is 5.34. The van der Waals surface area contributed by atoms with Crippen molar-refractivity contribution in [3.8, 4) is 0 Å². The first-order valence-corrected chi connectivity index (χ1v) is 5.67. The highest BCUT2D eigenvalue weighted by molar-refractivity contribution is 5.84. The monoisotopic (exact) mass is 253 g/mol. The summed E-state index contributed by atoms with van der Waals surface area (Å²) in [7, 11) is 0. The van der Waals surface area contributed by atoms with Gasteiger partial charge in [0.05, 0.1) is 12.2 Å². The number of carbonyl (C=O) groups excluding carboxylic acids is 1. The molecule has 98 valence electrons.